The van der Waals surface area contributed by atoms with Gasteiger partial charge in [-0.25, -0.2) is 13.8 Å². The van der Waals surface area contributed by atoms with E-state index in [1.807, 2.05) is 19.1 Å². The Morgan fingerprint density at radius 2 is 1.93 bits per heavy atom. The van der Waals surface area contributed by atoms with Crippen LogP contribution in [0.15, 0.2) is 36.4 Å². The Hall–Kier alpha value is -2.80. The molecule has 1 amide bonds. The molecule has 4 rings (SSSR count). The van der Waals surface area contributed by atoms with Gasteiger partial charge in [-0.15, -0.1) is 0 Å². The average Bonchev–Trinajstić information content (AvgIpc) is 3.37. The minimum Gasteiger partial charge on any atom is -0.389 e. The van der Waals surface area contributed by atoms with Gasteiger partial charge in [0.05, 0.1) is 28.7 Å². The zero-order valence-electron chi connectivity index (χ0n) is 15.7. The molecule has 1 fully saturated rings. The predicted molar refractivity (Wildman–Crippen MR) is 102 cm³/mol. The number of imidazole rings is 1. The van der Waals surface area contributed by atoms with Gasteiger partial charge in [0.15, 0.2) is 0 Å². The Balaban J connectivity index is 1.76. The second-order valence-corrected chi connectivity index (χ2v) is 7.75. The molecule has 1 saturated carbocycles. The Labute approximate surface area is 161 Å². The zero-order valence-corrected chi connectivity index (χ0v) is 15.7. The number of nitrogens with one attached hydrogen (secondary N) is 1. The van der Waals surface area contributed by atoms with Gasteiger partial charge >= 0.3 is 0 Å². The highest BCUT2D eigenvalue weighted by Crippen LogP contribution is 2.41. The van der Waals surface area contributed by atoms with E-state index >= 15 is 0 Å². The van der Waals surface area contributed by atoms with Crippen molar-refractivity contribution in [1.82, 2.24) is 9.55 Å². The molecule has 0 spiro atoms. The van der Waals surface area contributed by atoms with Gasteiger partial charge in [0.2, 0.25) is 11.9 Å². The van der Waals surface area contributed by atoms with E-state index < -0.39 is 23.1 Å². The number of carbonyl (C=O) groups excluding carboxylic acids is 1. The second kappa shape index (κ2) is 6.67. The Kier molecular flexibility index (Phi) is 4.42. The Morgan fingerprint density at radius 1 is 1.25 bits per heavy atom. The molecule has 0 saturated heterocycles. The van der Waals surface area contributed by atoms with Crippen molar-refractivity contribution in [3.8, 4) is 5.69 Å². The summed E-state index contributed by atoms with van der Waals surface area (Å²) in [6, 6.07) is 8.65. The number of fused-ring (bicyclic) bond motifs is 1. The lowest BCUT2D eigenvalue weighted by molar-refractivity contribution is -0.121. The second-order valence-electron chi connectivity index (χ2n) is 7.75. The van der Waals surface area contributed by atoms with Crippen molar-refractivity contribution in [2.75, 3.05) is 5.32 Å². The molecule has 3 aromatic rings. The van der Waals surface area contributed by atoms with E-state index in [9.17, 15) is 18.7 Å². The first-order valence-corrected chi connectivity index (χ1v) is 9.21. The van der Waals surface area contributed by atoms with Crippen LogP contribution in [0.2, 0.25) is 0 Å². The van der Waals surface area contributed by atoms with E-state index in [2.05, 4.69) is 10.3 Å². The molecule has 0 bridgehead atoms. The molecule has 0 aliphatic heterocycles. The Morgan fingerprint density at radius 3 is 2.57 bits per heavy atom. The van der Waals surface area contributed by atoms with Crippen LogP contribution in [0.1, 0.15) is 31.7 Å². The third kappa shape index (κ3) is 3.62. The predicted octanol–water partition coefficient (Wildman–Crippen LogP) is 4.10. The molecule has 1 aliphatic carbocycles. The zero-order chi connectivity index (χ0) is 20.1. The van der Waals surface area contributed by atoms with Crippen molar-refractivity contribution in [3.63, 3.8) is 0 Å². The molecule has 1 aliphatic rings. The standard InChI is InChI=1S/C21H21F2N3O2/c1-12-3-6-17-18(7-12)26(16-9-14(22)8-15(23)10-16)20(24-17)25-19(27)11-21(2,28)13-4-5-13/h3,6-10,13,28H,4-5,11H2,1-2H3,(H,24,25,27)/t21-/m1/s1. The molecule has 1 aromatic heterocycles. The van der Waals surface area contributed by atoms with Crippen LogP contribution in [0.4, 0.5) is 14.7 Å². The lowest BCUT2D eigenvalue weighted by Gasteiger charge is -2.22. The normalized spacial score (nSPS) is 16.2. The van der Waals surface area contributed by atoms with Crippen molar-refractivity contribution in [2.45, 2.75) is 38.7 Å². The molecule has 0 unspecified atom stereocenters. The summed E-state index contributed by atoms with van der Waals surface area (Å²) >= 11 is 0. The molecule has 5 nitrogen and oxygen atoms in total. The first-order valence-electron chi connectivity index (χ1n) is 9.21. The number of hydrogen-bond donors (Lipinski definition) is 2. The van der Waals surface area contributed by atoms with Crippen molar-refractivity contribution in [3.05, 3.63) is 53.6 Å². The number of carbonyl (C=O) groups is 1. The van der Waals surface area contributed by atoms with E-state index in [0.29, 0.717) is 11.0 Å². The van der Waals surface area contributed by atoms with E-state index in [-0.39, 0.29) is 24.0 Å². The van der Waals surface area contributed by atoms with Gasteiger partial charge in [0.25, 0.3) is 0 Å². The van der Waals surface area contributed by atoms with Crippen molar-refractivity contribution < 1.29 is 18.7 Å². The number of aryl methyl sites for hydroxylation is 1. The number of halogens is 2. The number of nitrogens with zero attached hydrogens (tertiary/aromatic N) is 2. The number of hydrogen-bond acceptors (Lipinski definition) is 3. The number of amides is 1. The lowest BCUT2D eigenvalue weighted by Crippen LogP contribution is -2.33. The van der Waals surface area contributed by atoms with Gasteiger partial charge < -0.3 is 5.11 Å². The van der Waals surface area contributed by atoms with Crippen LogP contribution in [0, 0.1) is 24.5 Å². The van der Waals surface area contributed by atoms with Crippen LogP contribution in [-0.4, -0.2) is 26.2 Å². The van der Waals surface area contributed by atoms with Crippen LogP contribution < -0.4 is 5.32 Å². The molecule has 1 atom stereocenters. The summed E-state index contributed by atoms with van der Waals surface area (Å²) < 4.78 is 29.1. The minimum atomic E-state index is -1.08. The maximum Gasteiger partial charge on any atom is 0.229 e. The first-order chi connectivity index (χ1) is 13.2. The summed E-state index contributed by atoms with van der Waals surface area (Å²) in [5.41, 5.74) is 1.28. The van der Waals surface area contributed by atoms with Crippen LogP contribution >= 0.6 is 0 Å². The topological polar surface area (TPSA) is 67.2 Å². The summed E-state index contributed by atoms with van der Waals surface area (Å²) in [5, 5.41) is 13.2. The van der Waals surface area contributed by atoms with E-state index in [1.165, 1.54) is 16.7 Å². The van der Waals surface area contributed by atoms with Crippen LogP contribution in [0.3, 0.4) is 0 Å². The smallest absolute Gasteiger partial charge is 0.229 e. The number of rotatable bonds is 5. The summed E-state index contributed by atoms with van der Waals surface area (Å²) in [4.78, 5) is 17.0. The molecule has 0 radical (unpaired) electrons. The molecular formula is C21H21F2N3O2. The molecular weight excluding hydrogens is 364 g/mol. The monoisotopic (exact) mass is 385 g/mol. The molecule has 7 heteroatoms. The van der Waals surface area contributed by atoms with E-state index in [4.69, 9.17) is 0 Å². The van der Waals surface area contributed by atoms with Gasteiger partial charge in [-0.05, 0) is 62.4 Å². The summed E-state index contributed by atoms with van der Waals surface area (Å²) in [6.07, 6.45) is 1.73. The minimum absolute atomic E-state index is 0.0720. The maximum atomic E-state index is 13.8. The third-order valence-electron chi connectivity index (χ3n) is 5.14. The molecule has 2 aromatic carbocycles. The SMILES string of the molecule is Cc1ccc2nc(NC(=O)C[C@@](C)(O)C3CC3)n(-c3cc(F)cc(F)c3)c2c1. The van der Waals surface area contributed by atoms with E-state index in [1.54, 1.807) is 13.0 Å². The highest BCUT2D eigenvalue weighted by Gasteiger charge is 2.41. The number of aromatic nitrogens is 2. The summed E-state index contributed by atoms with van der Waals surface area (Å²) in [6.45, 7) is 3.55. The van der Waals surface area contributed by atoms with Crippen LogP contribution in [0.5, 0.6) is 0 Å². The Bertz CT molecular complexity index is 1050. The van der Waals surface area contributed by atoms with Gasteiger partial charge in [0.1, 0.15) is 11.6 Å². The molecule has 146 valence electrons. The van der Waals surface area contributed by atoms with Crippen molar-refractivity contribution in [2.24, 2.45) is 5.92 Å². The number of anilines is 1. The third-order valence-corrected chi connectivity index (χ3v) is 5.14. The van der Waals surface area contributed by atoms with Crippen molar-refractivity contribution in [1.29, 1.82) is 0 Å². The lowest BCUT2D eigenvalue weighted by atomic mass is 9.96. The number of aliphatic hydroxyl groups is 1. The highest BCUT2D eigenvalue weighted by molar-refractivity contribution is 5.93. The summed E-state index contributed by atoms with van der Waals surface area (Å²) in [5.74, 6) is -1.57. The highest BCUT2D eigenvalue weighted by atomic mass is 19.1. The molecule has 1 heterocycles. The number of benzene rings is 2. The van der Waals surface area contributed by atoms with Crippen LogP contribution in [-0.2, 0) is 4.79 Å². The van der Waals surface area contributed by atoms with Gasteiger partial charge in [-0.1, -0.05) is 6.07 Å². The maximum absolute atomic E-state index is 13.8. The largest absolute Gasteiger partial charge is 0.389 e. The van der Waals surface area contributed by atoms with Crippen LogP contribution in [0.25, 0.3) is 16.7 Å². The fraction of sp³-hybridized carbons (Fsp3) is 0.333. The van der Waals surface area contributed by atoms with E-state index in [0.717, 1.165) is 24.5 Å². The molecule has 2 N–H and O–H groups in total. The molecule has 28 heavy (non-hydrogen) atoms. The fourth-order valence-electron chi connectivity index (χ4n) is 3.54. The fourth-order valence-corrected chi connectivity index (χ4v) is 3.54. The van der Waals surface area contributed by atoms with Gasteiger partial charge in [-0.2, -0.15) is 0 Å². The van der Waals surface area contributed by atoms with Gasteiger partial charge in [0, 0.05) is 6.07 Å². The first kappa shape index (κ1) is 18.6. The van der Waals surface area contributed by atoms with Gasteiger partial charge in [-0.3, -0.25) is 14.7 Å². The quantitative estimate of drug-likeness (QED) is 0.695. The average molecular weight is 385 g/mol. The van der Waals surface area contributed by atoms with Crippen molar-refractivity contribution >= 4 is 22.9 Å². The summed E-state index contributed by atoms with van der Waals surface area (Å²) in [7, 11) is 0.